The van der Waals surface area contributed by atoms with E-state index in [0.717, 1.165) is 36.1 Å². The van der Waals surface area contributed by atoms with Crippen LogP contribution in [0.3, 0.4) is 0 Å². The molecule has 5 heteroatoms. The molecule has 1 saturated heterocycles. The normalized spacial score (nSPS) is 23.5. The molecule has 1 N–H and O–H groups in total. The summed E-state index contributed by atoms with van der Waals surface area (Å²) in [5.74, 6) is 0.866. The molecule has 1 aliphatic rings. The summed E-state index contributed by atoms with van der Waals surface area (Å²) in [6.07, 6.45) is 4.06. The maximum Gasteiger partial charge on any atom is 0.162 e. The van der Waals surface area contributed by atoms with Crippen molar-refractivity contribution < 1.29 is 4.42 Å². The van der Waals surface area contributed by atoms with Gasteiger partial charge in [0, 0.05) is 37.1 Å². The Labute approximate surface area is 130 Å². The fraction of sp³-hybridized carbons (Fsp3) is 0.562. The van der Waals surface area contributed by atoms with Crippen molar-refractivity contribution in [2.75, 3.05) is 13.1 Å². The first kappa shape index (κ1) is 14.8. The molecule has 4 nitrogen and oxygen atoms in total. The largest absolute Gasteiger partial charge is 0.462 e. The highest BCUT2D eigenvalue weighted by Crippen LogP contribution is 2.25. The predicted molar refractivity (Wildman–Crippen MR) is 86.4 cm³/mol. The molecule has 0 bridgehead atoms. The summed E-state index contributed by atoms with van der Waals surface area (Å²) in [4.78, 5) is 7.30. The molecule has 0 spiro atoms. The molecule has 0 amide bonds. The molecule has 3 rings (SSSR count). The van der Waals surface area contributed by atoms with Gasteiger partial charge in [-0.1, -0.05) is 13.8 Å². The lowest BCUT2D eigenvalue weighted by atomic mass is 10.1. The van der Waals surface area contributed by atoms with Crippen LogP contribution in [0.2, 0.25) is 0 Å². The van der Waals surface area contributed by atoms with E-state index in [9.17, 15) is 0 Å². The van der Waals surface area contributed by atoms with Gasteiger partial charge < -0.3 is 9.73 Å². The smallest absolute Gasteiger partial charge is 0.162 e. The molecule has 2 aromatic heterocycles. The topological polar surface area (TPSA) is 41.3 Å². The van der Waals surface area contributed by atoms with Gasteiger partial charge in [0.05, 0.1) is 12.0 Å². The highest BCUT2D eigenvalue weighted by molar-refractivity contribution is 7.13. The second-order valence-corrected chi connectivity index (χ2v) is 6.48. The van der Waals surface area contributed by atoms with Crippen molar-refractivity contribution in [2.45, 2.75) is 45.3 Å². The number of hydrogen-bond acceptors (Lipinski definition) is 5. The maximum atomic E-state index is 5.42. The second-order valence-electron chi connectivity index (χ2n) is 5.63. The molecule has 0 radical (unpaired) electrons. The molecule has 3 heterocycles. The highest BCUT2D eigenvalue weighted by atomic mass is 32.1. The van der Waals surface area contributed by atoms with Crippen LogP contribution in [0.25, 0.3) is 10.8 Å². The first-order valence-corrected chi connectivity index (χ1v) is 8.63. The summed E-state index contributed by atoms with van der Waals surface area (Å²) in [7, 11) is 0. The molecular weight excluding hydrogens is 282 g/mol. The molecule has 114 valence electrons. The van der Waals surface area contributed by atoms with Crippen LogP contribution in [-0.2, 0) is 6.54 Å². The van der Waals surface area contributed by atoms with E-state index in [-0.39, 0.29) is 0 Å². The van der Waals surface area contributed by atoms with Crippen molar-refractivity contribution >= 4 is 11.3 Å². The summed E-state index contributed by atoms with van der Waals surface area (Å²) in [5.41, 5.74) is 1.15. The van der Waals surface area contributed by atoms with E-state index >= 15 is 0 Å². The maximum absolute atomic E-state index is 5.42. The van der Waals surface area contributed by atoms with Gasteiger partial charge in [-0.25, -0.2) is 4.98 Å². The molecule has 0 aromatic carbocycles. The third-order valence-electron chi connectivity index (χ3n) is 4.23. The van der Waals surface area contributed by atoms with Crippen LogP contribution in [0.1, 0.15) is 32.4 Å². The van der Waals surface area contributed by atoms with E-state index in [2.05, 4.69) is 29.4 Å². The van der Waals surface area contributed by atoms with Crippen molar-refractivity contribution in [2.24, 2.45) is 0 Å². The molecule has 1 aliphatic heterocycles. The van der Waals surface area contributed by atoms with E-state index in [1.807, 2.05) is 12.1 Å². The lowest BCUT2D eigenvalue weighted by Crippen LogP contribution is -2.55. The minimum atomic E-state index is 0.607. The number of nitrogens with zero attached hydrogens (tertiary/aromatic N) is 2. The molecule has 1 fully saturated rings. The third kappa shape index (κ3) is 3.36. The Bertz CT molecular complexity index is 552. The molecule has 2 atom stereocenters. The van der Waals surface area contributed by atoms with Crippen molar-refractivity contribution in [3.63, 3.8) is 0 Å². The third-order valence-corrected chi connectivity index (χ3v) is 5.13. The minimum Gasteiger partial charge on any atom is -0.462 e. The average molecular weight is 305 g/mol. The molecule has 21 heavy (non-hydrogen) atoms. The first-order chi connectivity index (χ1) is 10.3. The van der Waals surface area contributed by atoms with Crippen LogP contribution in [0, 0.1) is 0 Å². The van der Waals surface area contributed by atoms with Gasteiger partial charge in [-0.3, -0.25) is 4.90 Å². The summed E-state index contributed by atoms with van der Waals surface area (Å²) in [6, 6.07) is 5.10. The van der Waals surface area contributed by atoms with Crippen LogP contribution in [-0.4, -0.2) is 35.1 Å². The molecule has 2 unspecified atom stereocenters. The highest BCUT2D eigenvalue weighted by Gasteiger charge is 2.26. The Morgan fingerprint density at radius 2 is 2.33 bits per heavy atom. The summed E-state index contributed by atoms with van der Waals surface area (Å²) in [5, 5.41) is 6.78. The monoisotopic (exact) mass is 305 g/mol. The van der Waals surface area contributed by atoms with Gasteiger partial charge in [0.1, 0.15) is 0 Å². The number of aromatic nitrogens is 1. The van der Waals surface area contributed by atoms with Gasteiger partial charge in [-0.15, -0.1) is 11.3 Å². The molecule has 0 aliphatic carbocycles. The lowest BCUT2D eigenvalue weighted by Gasteiger charge is -2.39. The average Bonchev–Trinajstić information content (AvgIpc) is 3.18. The van der Waals surface area contributed by atoms with Gasteiger partial charge in [0.2, 0.25) is 0 Å². The molecule has 0 saturated carbocycles. The van der Waals surface area contributed by atoms with Gasteiger partial charge in [-0.05, 0) is 25.0 Å². The Balaban J connectivity index is 1.69. The van der Waals surface area contributed by atoms with E-state index in [4.69, 9.17) is 9.40 Å². The fourth-order valence-corrected chi connectivity index (χ4v) is 3.68. The number of piperazine rings is 1. The number of furan rings is 1. The minimum absolute atomic E-state index is 0.607. The van der Waals surface area contributed by atoms with Crippen molar-refractivity contribution in [3.8, 4) is 10.8 Å². The Kier molecular flexibility index (Phi) is 4.73. The van der Waals surface area contributed by atoms with Crippen molar-refractivity contribution in [1.29, 1.82) is 0 Å². The van der Waals surface area contributed by atoms with Crippen molar-refractivity contribution in [1.82, 2.24) is 15.2 Å². The van der Waals surface area contributed by atoms with E-state index in [1.165, 1.54) is 12.8 Å². The Morgan fingerprint density at radius 3 is 3.05 bits per heavy atom. The predicted octanol–water partition coefficient (Wildman–Crippen LogP) is 3.37. The zero-order valence-electron chi connectivity index (χ0n) is 12.7. The van der Waals surface area contributed by atoms with Crippen molar-refractivity contribution in [3.05, 3.63) is 29.5 Å². The van der Waals surface area contributed by atoms with Gasteiger partial charge in [-0.2, -0.15) is 0 Å². The SMILES string of the molecule is CCC1CN(Cc2csc(-c3ccco3)n2)C(CC)CN1. The zero-order valence-corrected chi connectivity index (χ0v) is 13.5. The number of rotatable bonds is 5. The second kappa shape index (κ2) is 6.73. The summed E-state index contributed by atoms with van der Waals surface area (Å²) < 4.78 is 5.42. The lowest BCUT2D eigenvalue weighted by molar-refractivity contribution is 0.116. The Hall–Kier alpha value is -1.17. The van der Waals surface area contributed by atoms with Crippen LogP contribution >= 0.6 is 11.3 Å². The number of thiazole rings is 1. The Morgan fingerprint density at radius 1 is 1.43 bits per heavy atom. The van der Waals surface area contributed by atoms with E-state index in [1.54, 1.807) is 17.6 Å². The molecule has 2 aromatic rings. The summed E-state index contributed by atoms with van der Waals surface area (Å²) in [6.45, 7) is 7.65. The number of nitrogens with one attached hydrogen (secondary N) is 1. The van der Waals surface area contributed by atoms with Crippen LogP contribution < -0.4 is 5.32 Å². The van der Waals surface area contributed by atoms with Crippen LogP contribution in [0.4, 0.5) is 0 Å². The van der Waals surface area contributed by atoms with E-state index < -0.39 is 0 Å². The standard InChI is InChI=1S/C16H23N3OS/c1-3-12-9-19(14(4-2)8-17-12)10-13-11-21-16(18-13)15-6-5-7-20-15/h5-7,11-12,14,17H,3-4,8-10H2,1-2H3. The van der Waals surface area contributed by atoms with Gasteiger partial charge in [0.25, 0.3) is 0 Å². The van der Waals surface area contributed by atoms with Crippen LogP contribution in [0.5, 0.6) is 0 Å². The quantitative estimate of drug-likeness (QED) is 0.919. The number of hydrogen-bond donors (Lipinski definition) is 1. The van der Waals surface area contributed by atoms with Gasteiger partial charge in [0.15, 0.2) is 10.8 Å². The fourth-order valence-electron chi connectivity index (χ4n) is 2.90. The zero-order chi connectivity index (χ0) is 14.7. The first-order valence-electron chi connectivity index (χ1n) is 7.75. The van der Waals surface area contributed by atoms with Gasteiger partial charge >= 0.3 is 0 Å². The van der Waals surface area contributed by atoms with Crippen LogP contribution in [0.15, 0.2) is 28.2 Å². The van der Waals surface area contributed by atoms with E-state index in [0.29, 0.717) is 12.1 Å². The molecular formula is C16H23N3OS. The summed E-state index contributed by atoms with van der Waals surface area (Å²) >= 11 is 1.66.